The minimum Gasteiger partial charge on any atom is -0.507 e. The number of carbonyl (C=O) groups is 1. The van der Waals surface area contributed by atoms with Crippen molar-refractivity contribution in [3.63, 3.8) is 0 Å². The number of aryl methyl sites for hydroxylation is 2. The summed E-state index contributed by atoms with van der Waals surface area (Å²) in [6, 6.07) is 12.6. The van der Waals surface area contributed by atoms with Gasteiger partial charge in [-0.2, -0.15) is 4.72 Å². The Morgan fingerprint density at radius 2 is 1.82 bits per heavy atom. The SMILES string of the molecule is CC[C@H](NS(=O)(=O)c1ccc(C)cc1)C(=O)Oc1cc(O)c2c(=O)c3cccc(C)c3oc2c1. The van der Waals surface area contributed by atoms with E-state index in [0.29, 0.717) is 11.0 Å². The van der Waals surface area contributed by atoms with Crippen molar-refractivity contribution >= 4 is 37.9 Å². The van der Waals surface area contributed by atoms with Gasteiger partial charge in [-0.05, 0) is 44.0 Å². The highest BCUT2D eigenvalue weighted by Gasteiger charge is 2.26. The highest BCUT2D eigenvalue weighted by Crippen LogP contribution is 2.31. The van der Waals surface area contributed by atoms with Crippen molar-refractivity contribution in [3.8, 4) is 11.5 Å². The van der Waals surface area contributed by atoms with Crippen LogP contribution in [0.4, 0.5) is 0 Å². The number of carbonyl (C=O) groups excluding carboxylic acids is 1. The zero-order chi connectivity index (χ0) is 24.6. The Bertz CT molecular complexity index is 1570. The van der Waals surface area contributed by atoms with E-state index in [1.165, 1.54) is 18.2 Å². The maximum absolute atomic E-state index is 12.9. The number of sulfonamides is 1. The highest BCUT2D eigenvalue weighted by molar-refractivity contribution is 7.89. The van der Waals surface area contributed by atoms with E-state index in [1.54, 1.807) is 44.2 Å². The molecule has 0 spiro atoms. The highest BCUT2D eigenvalue weighted by atomic mass is 32.2. The van der Waals surface area contributed by atoms with Crippen molar-refractivity contribution < 1.29 is 27.5 Å². The third kappa shape index (κ3) is 4.40. The van der Waals surface area contributed by atoms with Crippen LogP contribution < -0.4 is 14.9 Å². The van der Waals surface area contributed by atoms with Gasteiger partial charge in [0.15, 0.2) is 0 Å². The first-order valence-electron chi connectivity index (χ1n) is 10.6. The third-order valence-electron chi connectivity index (χ3n) is 5.49. The fourth-order valence-corrected chi connectivity index (χ4v) is 4.88. The van der Waals surface area contributed by atoms with Crippen molar-refractivity contribution in [2.24, 2.45) is 0 Å². The van der Waals surface area contributed by atoms with Gasteiger partial charge in [0.2, 0.25) is 15.5 Å². The molecule has 0 aliphatic rings. The Balaban J connectivity index is 1.65. The number of aromatic hydroxyl groups is 1. The first-order chi connectivity index (χ1) is 16.1. The van der Waals surface area contributed by atoms with Gasteiger partial charge in [0, 0.05) is 12.1 Å². The predicted molar refractivity (Wildman–Crippen MR) is 128 cm³/mol. The number of hydrogen-bond donors (Lipinski definition) is 2. The molecule has 9 heteroatoms. The molecule has 1 heterocycles. The van der Waals surface area contributed by atoms with Gasteiger partial charge in [0.1, 0.15) is 34.1 Å². The first-order valence-corrected chi connectivity index (χ1v) is 12.1. The number of hydrogen-bond acceptors (Lipinski definition) is 7. The van der Waals surface area contributed by atoms with Crippen LogP contribution in [0, 0.1) is 13.8 Å². The van der Waals surface area contributed by atoms with Crippen LogP contribution in [0.25, 0.3) is 21.9 Å². The predicted octanol–water partition coefficient (Wildman–Crippen LogP) is 3.93. The van der Waals surface area contributed by atoms with E-state index >= 15 is 0 Å². The molecule has 4 rings (SSSR count). The second kappa shape index (κ2) is 8.92. The molecule has 34 heavy (non-hydrogen) atoms. The molecule has 1 aromatic heterocycles. The van der Waals surface area contributed by atoms with Gasteiger partial charge >= 0.3 is 5.97 Å². The molecule has 0 aliphatic carbocycles. The smallest absolute Gasteiger partial charge is 0.329 e. The molecule has 0 saturated carbocycles. The number of fused-ring (bicyclic) bond motifs is 2. The zero-order valence-corrected chi connectivity index (χ0v) is 19.6. The van der Waals surface area contributed by atoms with Gasteiger partial charge in [-0.25, -0.2) is 13.2 Å². The maximum Gasteiger partial charge on any atom is 0.329 e. The molecule has 176 valence electrons. The fraction of sp³-hybridized carbons (Fsp3) is 0.200. The minimum absolute atomic E-state index is 0.0247. The van der Waals surface area contributed by atoms with Gasteiger partial charge < -0.3 is 14.3 Å². The van der Waals surface area contributed by atoms with Crippen LogP contribution in [0.2, 0.25) is 0 Å². The van der Waals surface area contributed by atoms with Crippen LogP contribution in [0.1, 0.15) is 24.5 Å². The minimum atomic E-state index is -3.96. The van der Waals surface area contributed by atoms with Crippen LogP contribution in [0.3, 0.4) is 0 Å². The summed E-state index contributed by atoms with van der Waals surface area (Å²) >= 11 is 0. The number of para-hydroxylation sites is 1. The average Bonchev–Trinajstić information content (AvgIpc) is 2.78. The second-order valence-electron chi connectivity index (χ2n) is 8.01. The molecule has 0 radical (unpaired) electrons. The second-order valence-corrected chi connectivity index (χ2v) is 9.73. The van der Waals surface area contributed by atoms with E-state index in [9.17, 15) is 23.1 Å². The molecular formula is C25H23NO7S. The van der Waals surface area contributed by atoms with E-state index < -0.39 is 33.2 Å². The van der Waals surface area contributed by atoms with Crippen LogP contribution >= 0.6 is 0 Å². The monoisotopic (exact) mass is 481 g/mol. The van der Waals surface area contributed by atoms with Gasteiger partial charge in [-0.1, -0.05) is 36.8 Å². The summed E-state index contributed by atoms with van der Waals surface area (Å²) in [5.41, 5.74) is 1.63. The van der Waals surface area contributed by atoms with E-state index in [0.717, 1.165) is 17.2 Å². The summed E-state index contributed by atoms with van der Waals surface area (Å²) in [6.07, 6.45) is 0.127. The molecule has 0 unspecified atom stereocenters. The van der Waals surface area contributed by atoms with Crippen LogP contribution in [0.5, 0.6) is 11.5 Å². The van der Waals surface area contributed by atoms with Crippen molar-refractivity contribution in [2.75, 3.05) is 0 Å². The maximum atomic E-state index is 12.9. The topological polar surface area (TPSA) is 123 Å². The fourth-order valence-electron chi connectivity index (χ4n) is 3.61. The number of benzene rings is 3. The Kier molecular flexibility index (Phi) is 6.16. The molecule has 8 nitrogen and oxygen atoms in total. The van der Waals surface area contributed by atoms with E-state index in [4.69, 9.17) is 9.15 Å². The summed E-state index contributed by atoms with van der Waals surface area (Å²) in [5, 5.41) is 10.8. The standard InChI is InChI=1S/C25H23NO7S/c1-4-19(26-34(30,31)17-10-8-14(2)9-11-17)25(29)32-16-12-20(27)22-21(13-16)33-24-15(3)6-5-7-18(24)23(22)28/h5-13,19,26-27H,4H2,1-3H3/t19-/m0/s1. The van der Waals surface area contributed by atoms with E-state index in [2.05, 4.69) is 4.72 Å². The molecule has 0 aliphatic heterocycles. The molecule has 2 N–H and O–H groups in total. The van der Waals surface area contributed by atoms with E-state index in [1.807, 2.05) is 6.92 Å². The summed E-state index contributed by atoms with van der Waals surface area (Å²) in [6.45, 7) is 5.25. The molecular weight excluding hydrogens is 458 g/mol. The van der Waals surface area contributed by atoms with Crippen LogP contribution in [-0.2, 0) is 14.8 Å². The quantitative estimate of drug-likeness (QED) is 0.243. The van der Waals surface area contributed by atoms with E-state index in [-0.39, 0.29) is 28.0 Å². The summed E-state index contributed by atoms with van der Waals surface area (Å²) in [5.74, 6) is -1.36. The lowest BCUT2D eigenvalue weighted by Gasteiger charge is -2.16. The van der Waals surface area contributed by atoms with Crippen molar-refractivity contribution in [1.82, 2.24) is 4.72 Å². The Morgan fingerprint density at radius 3 is 2.50 bits per heavy atom. The summed E-state index contributed by atoms with van der Waals surface area (Å²) in [7, 11) is -3.96. The number of nitrogens with one attached hydrogen (secondary N) is 1. The summed E-state index contributed by atoms with van der Waals surface area (Å²) in [4.78, 5) is 25.6. The average molecular weight is 482 g/mol. The van der Waals surface area contributed by atoms with Crippen LogP contribution in [0.15, 0.2) is 68.7 Å². The molecule has 1 atom stereocenters. The van der Waals surface area contributed by atoms with Crippen molar-refractivity contribution in [3.05, 3.63) is 75.9 Å². The molecule has 0 fully saturated rings. The van der Waals surface area contributed by atoms with Crippen molar-refractivity contribution in [2.45, 2.75) is 38.1 Å². The first kappa shape index (κ1) is 23.5. The van der Waals surface area contributed by atoms with Gasteiger partial charge in [-0.15, -0.1) is 0 Å². The number of phenols is 1. The molecule has 4 aromatic rings. The van der Waals surface area contributed by atoms with Crippen LogP contribution in [-0.4, -0.2) is 25.5 Å². The lowest BCUT2D eigenvalue weighted by molar-refractivity contribution is -0.136. The summed E-state index contributed by atoms with van der Waals surface area (Å²) < 4.78 is 38.9. The Hall–Kier alpha value is -3.69. The van der Waals surface area contributed by atoms with Gasteiger partial charge in [0.25, 0.3) is 0 Å². The Morgan fingerprint density at radius 1 is 1.12 bits per heavy atom. The molecule has 0 bridgehead atoms. The van der Waals surface area contributed by atoms with Crippen molar-refractivity contribution in [1.29, 1.82) is 0 Å². The normalized spacial score (nSPS) is 12.7. The lowest BCUT2D eigenvalue weighted by atomic mass is 10.1. The third-order valence-corrected chi connectivity index (χ3v) is 6.98. The largest absolute Gasteiger partial charge is 0.507 e. The lowest BCUT2D eigenvalue weighted by Crippen LogP contribution is -2.42. The van der Waals surface area contributed by atoms with Gasteiger partial charge in [0.05, 0.1) is 10.3 Å². The molecule has 3 aromatic carbocycles. The number of rotatable bonds is 6. The van der Waals surface area contributed by atoms with Gasteiger partial charge in [-0.3, -0.25) is 4.79 Å². The molecule has 0 amide bonds. The molecule has 0 saturated heterocycles. The zero-order valence-electron chi connectivity index (χ0n) is 18.8. The number of phenolic OH excluding ortho intramolecular Hbond substituents is 1. The number of esters is 1. The number of ether oxygens (including phenoxy) is 1. The Labute approximate surface area is 195 Å².